The Morgan fingerprint density at radius 2 is 2.00 bits per heavy atom. The molecule has 0 aliphatic carbocycles. The van der Waals surface area contributed by atoms with E-state index in [4.69, 9.17) is 0 Å². The van der Waals surface area contributed by atoms with Crippen LogP contribution in [0.15, 0.2) is 29.8 Å². The molecular formula is C17H19FN2O3. The first-order chi connectivity index (χ1) is 11.0. The lowest BCUT2D eigenvalue weighted by atomic mass is 10.1. The Bertz CT molecular complexity index is 638. The van der Waals surface area contributed by atoms with Crippen molar-refractivity contribution >= 4 is 23.8 Å². The fraction of sp³-hybridized carbons (Fsp3) is 0.353. The van der Waals surface area contributed by atoms with Crippen molar-refractivity contribution in [3.8, 4) is 0 Å². The lowest BCUT2D eigenvalue weighted by molar-refractivity contribution is -0.141. The minimum Gasteiger partial charge on any atom is -0.355 e. The average Bonchev–Trinajstić information content (AvgIpc) is 2.77. The maximum Gasteiger partial charge on any atom is 0.257 e. The maximum absolute atomic E-state index is 12.9. The quantitative estimate of drug-likeness (QED) is 0.495. The van der Waals surface area contributed by atoms with Crippen LogP contribution in [0.25, 0.3) is 6.08 Å². The monoisotopic (exact) mass is 318 g/mol. The number of amides is 3. The van der Waals surface area contributed by atoms with Gasteiger partial charge in [0, 0.05) is 12.1 Å². The molecule has 0 unspecified atom stereocenters. The third kappa shape index (κ3) is 4.48. The molecule has 6 heteroatoms. The molecule has 1 fully saturated rings. The summed E-state index contributed by atoms with van der Waals surface area (Å²) in [7, 11) is 0. The first-order valence-corrected chi connectivity index (χ1v) is 7.58. The van der Waals surface area contributed by atoms with Gasteiger partial charge < -0.3 is 5.32 Å². The number of hydrogen-bond donors (Lipinski definition) is 1. The second-order valence-corrected chi connectivity index (χ2v) is 5.39. The number of rotatable bonds is 6. The van der Waals surface area contributed by atoms with Gasteiger partial charge in [-0.05, 0) is 30.2 Å². The van der Waals surface area contributed by atoms with Crippen molar-refractivity contribution < 1.29 is 18.8 Å². The van der Waals surface area contributed by atoms with Gasteiger partial charge in [0.1, 0.15) is 12.4 Å². The summed E-state index contributed by atoms with van der Waals surface area (Å²) in [6.45, 7) is 2.28. The van der Waals surface area contributed by atoms with Crippen LogP contribution in [0.2, 0.25) is 0 Å². The summed E-state index contributed by atoms with van der Waals surface area (Å²) in [6.07, 6.45) is 3.31. The molecule has 1 heterocycles. The minimum atomic E-state index is -0.468. The Labute approximate surface area is 134 Å². The first-order valence-electron chi connectivity index (χ1n) is 7.58. The highest BCUT2D eigenvalue weighted by Gasteiger charge is 2.34. The van der Waals surface area contributed by atoms with Crippen molar-refractivity contribution in [1.82, 2.24) is 10.2 Å². The minimum absolute atomic E-state index is 0.0432. The molecular weight excluding hydrogens is 299 g/mol. The van der Waals surface area contributed by atoms with Gasteiger partial charge in [-0.15, -0.1) is 0 Å². The number of benzene rings is 1. The van der Waals surface area contributed by atoms with E-state index in [-0.39, 0.29) is 24.7 Å². The highest BCUT2D eigenvalue weighted by molar-refractivity contribution is 6.16. The van der Waals surface area contributed by atoms with Crippen molar-refractivity contribution in [2.24, 2.45) is 0 Å². The highest BCUT2D eigenvalue weighted by Crippen LogP contribution is 2.21. The third-order valence-corrected chi connectivity index (χ3v) is 3.53. The Hall–Kier alpha value is -2.50. The lowest BCUT2D eigenvalue weighted by Crippen LogP contribution is -2.40. The van der Waals surface area contributed by atoms with E-state index in [2.05, 4.69) is 5.32 Å². The summed E-state index contributed by atoms with van der Waals surface area (Å²) in [6, 6.07) is 5.62. The van der Waals surface area contributed by atoms with Crippen LogP contribution in [0.1, 0.15) is 31.7 Å². The van der Waals surface area contributed by atoms with E-state index in [1.807, 2.05) is 6.92 Å². The number of nitrogens with one attached hydrogen (secondary N) is 1. The molecule has 1 saturated heterocycles. The molecule has 122 valence electrons. The molecule has 23 heavy (non-hydrogen) atoms. The van der Waals surface area contributed by atoms with Crippen LogP contribution in [-0.2, 0) is 14.4 Å². The smallest absolute Gasteiger partial charge is 0.257 e. The molecule has 2 rings (SSSR count). The van der Waals surface area contributed by atoms with Crippen molar-refractivity contribution in [1.29, 1.82) is 0 Å². The molecule has 0 radical (unpaired) electrons. The van der Waals surface area contributed by atoms with Gasteiger partial charge in [-0.1, -0.05) is 25.5 Å². The zero-order valence-corrected chi connectivity index (χ0v) is 13.0. The van der Waals surface area contributed by atoms with Gasteiger partial charge in [0.2, 0.25) is 11.8 Å². The topological polar surface area (TPSA) is 66.5 Å². The Kier molecular flexibility index (Phi) is 5.62. The molecule has 1 aliphatic rings. The summed E-state index contributed by atoms with van der Waals surface area (Å²) in [4.78, 5) is 36.9. The number of carbonyl (C=O) groups excluding carboxylic acids is 3. The van der Waals surface area contributed by atoms with Gasteiger partial charge in [0.15, 0.2) is 0 Å². The predicted octanol–water partition coefficient (Wildman–Crippen LogP) is 1.88. The van der Waals surface area contributed by atoms with Crippen LogP contribution in [0.5, 0.6) is 0 Å². The molecule has 0 atom stereocenters. The first kappa shape index (κ1) is 16.9. The molecule has 1 aromatic carbocycles. The molecule has 1 aliphatic heterocycles. The van der Waals surface area contributed by atoms with E-state index >= 15 is 0 Å². The van der Waals surface area contributed by atoms with Gasteiger partial charge in [0.25, 0.3) is 5.91 Å². The molecule has 1 aromatic rings. The fourth-order valence-electron chi connectivity index (χ4n) is 2.26. The van der Waals surface area contributed by atoms with Crippen molar-refractivity contribution in [2.75, 3.05) is 13.1 Å². The zero-order chi connectivity index (χ0) is 16.8. The zero-order valence-electron chi connectivity index (χ0n) is 13.0. The molecule has 0 aromatic heterocycles. The summed E-state index contributed by atoms with van der Waals surface area (Å²) in [5, 5.41) is 2.68. The Morgan fingerprint density at radius 1 is 1.30 bits per heavy atom. The lowest BCUT2D eigenvalue weighted by Gasteiger charge is -2.13. The van der Waals surface area contributed by atoms with E-state index in [1.54, 1.807) is 6.08 Å². The number of unbranched alkanes of at least 4 members (excludes halogenated alkanes) is 1. The highest BCUT2D eigenvalue weighted by atomic mass is 19.1. The number of nitrogens with zero attached hydrogens (tertiary/aromatic N) is 1. The standard InChI is InChI=1S/C17H19FN2O3/c1-2-3-8-19-15(21)11-20-16(22)10-13(17(20)23)9-12-4-6-14(18)7-5-12/h4-7,9H,2-3,8,10-11H2,1H3,(H,19,21)/b13-9-. The number of carbonyl (C=O) groups is 3. The summed E-state index contributed by atoms with van der Waals surface area (Å²) < 4.78 is 12.9. The predicted molar refractivity (Wildman–Crippen MR) is 83.6 cm³/mol. The normalized spacial score (nSPS) is 16.3. The summed E-state index contributed by atoms with van der Waals surface area (Å²) in [5.74, 6) is -1.58. The van der Waals surface area contributed by atoms with Crippen molar-refractivity contribution in [2.45, 2.75) is 26.2 Å². The third-order valence-electron chi connectivity index (χ3n) is 3.53. The molecule has 3 amide bonds. The van der Waals surface area contributed by atoms with Crippen LogP contribution in [0, 0.1) is 5.82 Å². The van der Waals surface area contributed by atoms with Gasteiger partial charge in [0.05, 0.1) is 6.42 Å². The fourth-order valence-corrected chi connectivity index (χ4v) is 2.26. The molecule has 5 nitrogen and oxygen atoms in total. The van der Waals surface area contributed by atoms with E-state index < -0.39 is 11.8 Å². The van der Waals surface area contributed by atoms with Crippen molar-refractivity contribution in [3.63, 3.8) is 0 Å². The van der Waals surface area contributed by atoms with E-state index in [0.29, 0.717) is 17.7 Å². The van der Waals surface area contributed by atoms with Crippen molar-refractivity contribution in [3.05, 3.63) is 41.2 Å². The van der Waals surface area contributed by atoms with Crippen LogP contribution >= 0.6 is 0 Å². The molecule has 0 saturated carbocycles. The summed E-state index contributed by atoms with van der Waals surface area (Å²) in [5.41, 5.74) is 0.944. The number of halogens is 1. The van der Waals surface area contributed by atoms with E-state index in [1.165, 1.54) is 24.3 Å². The summed E-state index contributed by atoms with van der Waals surface area (Å²) >= 11 is 0. The van der Waals surface area contributed by atoms with E-state index in [9.17, 15) is 18.8 Å². The van der Waals surface area contributed by atoms with Gasteiger partial charge in [-0.3, -0.25) is 19.3 Å². The average molecular weight is 318 g/mol. The van der Waals surface area contributed by atoms with Gasteiger partial charge in [-0.25, -0.2) is 4.39 Å². The number of imide groups is 1. The number of hydrogen-bond acceptors (Lipinski definition) is 3. The van der Waals surface area contributed by atoms with Crippen LogP contribution in [0.4, 0.5) is 4.39 Å². The van der Waals surface area contributed by atoms with Gasteiger partial charge >= 0.3 is 0 Å². The van der Waals surface area contributed by atoms with Crippen LogP contribution in [0.3, 0.4) is 0 Å². The van der Waals surface area contributed by atoms with E-state index in [0.717, 1.165) is 17.7 Å². The van der Waals surface area contributed by atoms with Crippen LogP contribution < -0.4 is 5.32 Å². The molecule has 1 N–H and O–H groups in total. The Balaban J connectivity index is 2.02. The Morgan fingerprint density at radius 3 is 2.65 bits per heavy atom. The maximum atomic E-state index is 12.9. The molecule has 0 bridgehead atoms. The SMILES string of the molecule is CCCCNC(=O)CN1C(=O)C/C(=C/c2ccc(F)cc2)C1=O. The largest absolute Gasteiger partial charge is 0.355 e. The van der Waals surface area contributed by atoms with Crippen LogP contribution in [-0.4, -0.2) is 35.7 Å². The number of likely N-dealkylation sites (tertiary alicyclic amines) is 1. The molecule has 0 spiro atoms. The second kappa shape index (κ2) is 7.67. The van der Waals surface area contributed by atoms with Gasteiger partial charge in [-0.2, -0.15) is 0 Å². The second-order valence-electron chi connectivity index (χ2n) is 5.39.